The first-order chi connectivity index (χ1) is 9.81. The highest BCUT2D eigenvalue weighted by Gasteiger charge is 2.03. The minimum atomic E-state index is -0.303. The summed E-state index contributed by atoms with van der Waals surface area (Å²) < 4.78 is 5.47. The van der Waals surface area contributed by atoms with Crippen molar-refractivity contribution in [1.82, 2.24) is 10.4 Å². The molecule has 0 radical (unpaired) electrons. The molecule has 1 heterocycles. The van der Waals surface area contributed by atoms with Crippen LogP contribution in [-0.2, 0) is 0 Å². The number of amides is 1. The number of aromatic nitrogens is 1. The van der Waals surface area contributed by atoms with Gasteiger partial charge in [-0.25, -0.2) is 5.43 Å². The number of nitrogens with zero attached hydrogens (tertiary/aromatic N) is 2. The normalized spacial score (nSPS) is 10.4. The number of para-hydroxylation sites is 1. The molecular weight excluding hydrogens is 254 g/mol. The van der Waals surface area contributed by atoms with Crippen molar-refractivity contribution < 1.29 is 9.53 Å². The van der Waals surface area contributed by atoms with Gasteiger partial charge in [0.15, 0.2) is 0 Å². The second kappa shape index (κ2) is 7.04. The van der Waals surface area contributed by atoms with Gasteiger partial charge in [0.05, 0.1) is 18.4 Å². The Balaban J connectivity index is 2.02. The van der Waals surface area contributed by atoms with Crippen molar-refractivity contribution in [3.8, 4) is 5.75 Å². The van der Waals surface area contributed by atoms with Crippen LogP contribution in [0.3, 0.4) is 0 Å². The summed E-state index contributed by atoms with van der Waals surface area (Å²) in [6, 6.07) is 10.9. The van der Waals surface area contributed by atoms with Gasteiger partial charge >= 0.3 is 0 Å². The number of carbonyl (C=O) groups is 1. The second-order valence-corrected chi connectivity index (χ2v) is 3.91. The summed E-state index contributed by atoms with van der Waals surface area (Å²) in [6.07, 6.45) is 4.65. The van der Waals surface area contributed by atoms with E-state index in [1.165, 1.54) is 6.20 Å². The lowest BCUT2D eigenvalue weighted by Crippen LogP contribution is -2.17. The Hall–Kier alpha value is -2.69. The van der Waals surface area contributed by atoms with Crippen LogP contribution in [0, 0.1) is 0 Å². The van der Waals surface area contributed by atoms with Gasteiger partial charge in [0.25, 0.3) is 5.91 Å². The molecule has 20 heavy (non-hydrogen) atoms. The van der Waals surface area contributed by atoms with Gasteiger partial charge in [0.2, 0.25) is 0 Å². The quantitative estimate of drug-likeness (QED) is 0.669. The standard InChI is InChI=1S/C15H15N3O2/c1-2-20-14-8-4-3-6-12(14)11-17-18-15(19)13-7-5-9-16-10-13/h3-11H,2H2,1H3,(H,18,19)/b17-11-. The first-order valence-corrected chi connectivity index (χ1v) is 6.26. The van der Waals surface area contributed by atoms with Crippen molar-refractivity contribution in [3.63, 3.8) is 0 Å². The van der Waals surface area contributed by atoms with E-state index < -0.39 is 0 Å². The molecule has 0 aliphatic carbocycles. The molecule has 1 amide bonds. The average molecular weight is 269 g/mol. The molecule has 0 atom stereocenters. The molecule has 0 fully saturated rings. The van der Waals surface area contributed by atoms with Crippen molar-refractivity contribution in [3.05, 3.63) is 59.9 Å². The first kappa shape index (κ1) is 13.7. The summed E-state index contributed by atoms with van der Waals surface area (Å²) >= 11 is 0. The Labute approximate surface area is 117 Å². The van der Waals surface area contributed by atoms with Crippen LogP contribution in [0.2, 0.25) is 0 Å². The van der Waals surface area contributed by atoms with Crippen molar-refractivity contribution >= 4 is 12.1 Å². The third kappa shape index (κ3) is 3.65. The highest BCUT2D eigenvalue weighted by Crippen LogP contribution is 2.15. The van der Waals surface area contributed by atoms with E-state index in [-0.39, 0.29) is 5.91 Å². The van der Waals surface area contributed by atoms with Gasteiger partial charge in [-0.05, 0) is 31.2 Å². The fourth-order valence-corrected chi connectivity index (χ4v) is 1.60. The molecule has 0 saturated heterocycles. The van der Waals surface area contributed by atoms with Crippen LogP contribution in [0.4, 0.5) is 0 Å². The van der Waals surface area contributed by atoms with Crippen LogP contribution in [0.1, 0.15) is 22.8 Å². The van der Waals surface area contributed by atoms with Crippen LogP contribution in [0.5, 0.6) is 5.75 Å². The van der Waals surface area contributed by atoms with Crippen LogP contribution in [-0.4, -0.2) is 23.7 Å². The van der Waals surface area contributed by atoms with Crippen LogP contribution in [0.25, 0.3) is 0 Å². The Morgan fingerprint density at radius 2 is 2.20 bits per heavy atom. The first-order valence-electron chi connectivity index (χ1n) is 6.26. The van der Waals surface area contributed by atoms with E-state index in [1.807, 2.05) is 31.2 Å². The zero-order chi connectivity index (χ0) is 14.2. The van der Waals surface area contributed by atoms with Crippen molar-refractivity contribution in [1.29, 1.82) is 0 Å². The highest BCUT2D eigenvalue weighted by molar-refractivity contribution is 5.94. The van der Waals surface area contributed by atoms with Crippen molar-refractivity contribution in [2.75, 3.05) is 6.61 Å². The van der Waals surface area contributed by atoms with E-state index in [0.717, 1.165) is 11.3 Å². The fourth-order valence-electron chi connectivity index (χ4n) is 1.60. The average Bonchev–Trinajstić information content (AvgIpc) is 2.50. The van der Waals surface area contributed by atoms with Gasteiger partial charge < -0.3 is 4.74 Å². The summed E-state index contributed by atoms with van der Waals surface area (Å²) in [5.41, 5.74) is 3.72. The van der Waals surface area contributed by atoms with E-state index in [2.05, 4.69) is 15.5 Å². The SMILES string of the molecule is CCOc1ccccc1/C=N\NC(=O)c1cccnc1. The number of rotatable bonds is 5. The second-order valence-electron chi connectivity index (χ2n) is 3.91. The summed E-state index contributed by atoms with van der Waals surface area (Å²) in [5, 5.41) is 3.93. The van der Waals surface area contributed by atoms with Gasteiger partial charge in [-0.15, -0.1) is 0 Å². The number of hydrogen-bond acceptors (Lipinski definition) is 4. The predicted molar refractivity (Wildman–Crippen MR) is 76.9 cm³/mol. The number of nitrogens with one attached hydrogen (secondary N) is 1. The summed E-state index contributed by atoms with van der Waals surface area (Å²) in [5.74, 6) is 0.428. The van der Waals surface area contributed by atoms with Gasteiger partial charge in [-0.2, -0.15) is 5.10 Å². The summed E-state index contributed by atoms with van der Waals surface area (Å²) in [4.78, 5) is 15.6. The molecule has 5 nitrogen and oxygen atoms in total. The molecule has 2 rings (SSSR count). The predicted octanol–water partition coefficient (Wildman–Crippen LogP) is 2.24. The van der Waals surface area contributed by atoms with E-state index in [9.17, 15) is 4.79 Å². The van der Waals surface area contributed by atoms with Gasteiger partial charge in [-0.3, -0.25) is 9.78 Å². The number of hydrazone groups is 1. The summed E-state index contributed by atoms with van der Waals surface area (Å²) in [6.45, 7) is 2.49. The number of hydrogen-bond donors (Lipinski definition) is 1. The lowest BCUT2D eigenvalue weighted by atomic mass is 10.2. The topological polar surface area (TPSA) is 63.6 Å². The van der Waals surface area contributed by atoms with Crippen LogP contribution >= 0.6 is 0 Å². The fraction of sp³-hybridized carbons (Fsp3) is 0.133. The zero-order valence-corrected chi connectivity index (χ0v) is 11.1. The molecule has 1 aromatic heterocycles. The Morgan fingerprint density at radius 1 is 1.35 bits per heavy atom. The molecule has 1 aromatic carbocycles. The third-order valence-electron chi connectivity index (χ3n) is 2.51. The highest BCUT2D eigenvalue weighted by atomic mass is 16.5. The number of ether oxygens (including phenoxy) is 1. The molecule has 0 spiro atoms. The van der Waals surface area contributed by atoms with Crippen molar-refractivity contribution in [2.24, 2.45) is 5.10 Å². The molecular formula is C15H15N3O2. The van der Waals surface area contributed by atoms with Gasteiger partial charge in [-0.1, -0.05) is 12.1 Å². The number of carbonyl (C=O) groups excluding carboxylic acids is 1. The van der Waals surface area contributed by atoms with E-state index >= 15 is 0 Å². The third-order valence-corrected chi connectivity index (χ3v) is 2.51. The Morgan fingerprint density at radius 3 is 2.95 bits per heavy atom. The van der Waals surface area contributed by atoms with Crippen molar-refractivity contribution in [2.45, 2.75) is 6.92 Å². The minimum Gasteiger partial charge on any atom is -0.493 e. The Bertz CT molecular complexity index is 597. The molecule has 2 aromatic rings. The number of pyridine rings is 1. The lowest BCUT2D eigenvalue weighted by Gasteiger charge is -2.05. The zero-order valence-electron chi connectivity index (χ0n) is 11.1. The van der Waals surface area contributed by atoms with E-state index in [0.29, 0.717) is 12.2 Å². The summed E-state index contributed by atoms with van der Waals surface area (Å²) in [7, 11) is 0. The Kier molecular flexibility index (Phi) is 4.83. The monoisotopic (exact) mass is 269 g/mol. The minimum absolute atomic E-state index is 0.303. The van der Waals surface area contributed by atoms with Gasteiger partial charge in [0, 0.05) is 18.0 Å². The number of benzene rings is 1. The molecule has 0 bridgehead atoms. The molecule has 0 unspecified atom stereocenters. The maximum atomic E-state index is 11.7. The van der Waals surface area contributed by atoms with E-state index in [1.54, 1.807) is 24.5 Å². The molecule has 102 valence electrons. The largest absolute Gasteiger partial charge is 0.493 e. The molecule has 5 heteroatoms. The van der Waals surface area contributed by atoms with Gasteiger partial charge in [0.1, 0.15) is 5.75 Å². The maximum absolute atomic E-state index is 11.7. The van der Waals surface area contributed by atoms with E-state index in [4.69, 9.17) is 4.74 Å². The molecule has 0 aliphatic rings. The van der Waals surface area contributed by atoms with Crippen LogP contribution < -0.4 is 10.2 Å². The molecule has 0 aliphatic heterocycles. The molecule has 0 saturated carbocycles. The van der Waals surface area contributed by atoms with Crippen LogP contribution in [0.15, 0.2) is 53.9 Å². The molecule has 1 N–H and O–H groups in total. The lowest BCUT2D eigenvalue weighted by molar-refractivity contribution is 0.0954. The maximum Gasteiger partial charge on any atom is 0.272 e. The smallest absolute Gasteiger partial charge is 0.272 e.